The van der Waals surface area contributed by atoms with Crippen LogP contribution in [0.15, 0.2) is 31.1 Å². The molecule has 0 aliphatic carbocycles. The van der Waals surface area contributed by atoms with Gasteiger partial charge >= 0.3 is 0 Å². The molecule has 1 heterocycles. The number of nitrogens with zero attached hydrogens (tertiary/aromatic N) is 1. The highest BCUT2D eigenvalue weighted by Gasteiger charge is 2.27. The van der Waals surface area contributed by atoms with Gasteiger partial charge in [-0.2, -0.15) is 0 Å². The predicted molar refractivity (Wildman–Crippen MR) is 72.5 cm³/mol. The summed E-state index contributed by atoms with van der Waals surface area (Å²) in [6, 6.07) is 3.82. The van der Waals surface area contributed by atoms with E-state index in [0.29, 0.717) is 5.76 Å². The molecule has 0 unspecified atom stereocenters. The number of rotatable bonds is 4. The van der Waals surface area contributed by atoms with Crippen molar-refractivity contribution < 1.29 is 4.74 Å². The van der Waals surface area contributed by atoms with Crippen molar-refractivity contribution in [3.8, 4) is 0 Å². The second-order valence-electron chi connectivity index (χ2n) is 6.26. The van der Waals surface area contributed by atoms with E-state index in [1.165, 1.54) is 0 Å². The molecule has 1 aromatic heterocycles. The summed E-state index contributed by atoms with van der Waals surface area (Å²) in [6.07, 6.45) is 4.48. The van der Waals surface area contributed by atoms with Crippen LogP contribution in [-0.2, 0) is 4.74 Å². The van der Waals surface area contributed by atoms with Crippen molar-refractivity contribution in [2.75, 3.05) is 0 Å². The third-order valence-corrected chi connectivity index (χ3v) is 2.36. The quantitative estimate of drug-likeness (QED) is 0.724. The summed E-state index contributed by atoms with van der Waals surface area (Å²) < 4.78 is 5.98. The summed E-state index contributed by atoms with van der Waals surface area (Å²) in [7, 11) is 0. The average molecular weight is 233 g/mol. The van der Waals surface area contributed by atoms with Crippen LogP contribution >= 0.6 is 0 Å². The monoisotopic (exact) mass is 233 g/mol. The van der Waals surface area contributed by atoms with E-state index >= 15 is 0 Å². The van der Waals surface area contributed by atoms with Gasteiger partial charge in [0.15, 0.2) is 0 Å². The molecule has 0 amide bonds. The third kappa shape index (κ3) is 5.03. The molecule has 0 aliphatic rings. The first-order chi connectivity index (χ1) is 7.70. The van der Waals surface area contributed by atoms with Crippen molar-refractivity contribution in [1.82, 2.24) is 4.98 Å². The predicted octanol–water partition coefficient (Wildman–Crippen LogP) is 4.28. The van der Waals surface area contributed by atoms with Crippen molar-refractivity contribution in [2.45, 2.75) is 46.6 Å². The zero-order valence-corrected chi connectivity index (χ0v) is 11.6. The number of pyridine rings is 1. The van der Waals surface area contributed by atoms with Gasteiger partial charge in [-0.25, -0.2) is 0 Å². The number of aromatic nitrogens is 1. The highest BCUT2D eigenvalue weighted by Crippen LogP contribution is 2.32. The molecule has 2 nitrogen and oxygen atoms in total. The van der Waals surface area contributed by atoms with Crippen molar-refractivity contribution in [3.05, 3.63) is 36.7 Å². The lowest BCUT2D eigenvalue weighted by molar-refractivity contribution is 0.0361. The minimum atomic E-state index is -0.210. The second-order valence-corrected chi connectivity index (χ2v) is 6.26. The van der Waals surface area contributed by atoms with Gasteiger partial charge in [0.05, 0.1) is 0 Å². The fourth-order valence-electron chi connectivity index (χ4n) is 2.24. The summed E-state index contributed by atoms with van der Waals surface area (Å²) in [5, 5.41) is 0. The molecular weight excluding hydrogens is 210 g/mol. The maximum atomic E-state index is 5.98. The number of hydrogen-bond donors (Lipinski definition) is 0. The van der Waals surface area contributed by atoms with Gasteiger partial charge in [0, 0.05) is 18.0 Å². The molecule has 0 aromatic carbocycles. The highest BCUT2D eigenvalue weighted by atomic mass is 16.5. The Morgan fingerprint density at radius 3 is 2.18 bits per heavy atom. The first kappa shape index (κ1) is 13.8. The van der Waals surface area contributed by atoms with Crippen molar-refractivity contribution in [3.63, 3.8) is 0 Å². The molecule has 1 rings (SSSR count). The Kier molecular flexibility index (Phi) is 3.97. The van der Waals surface area contributed by atoms with Crippen molar-refractivity contribution in [1.29, 1.82) is 0 Å². The number of ether oxygens (including phenoxy) is 1. The van der Waals surface area contributed by atoms with E-state index in [0.717, 1.165) is 12.0 Å². The van der Waals surface area contributed by atoms with Gasteiger partial charge in [0.25, 0.3) is 0 Å². The van der Waals surface area contributed by atoms with Crippen LogP contribution in [0.1, 0.15) is 46.6 Å². The molecule has 0 N–H and O–H groups in total. The SMILES string of the molecule is C=C(OC(C)(C)CC(C)(C)C)c1ccncc1. The smallest absolute Gasteiger partial charge is 0.120 e. The lowest BCUT2D eigenvalue weighted by atomic mass is 9.83. The standard InChI is InChI=1S/C15H23NO/c1-12(13-7-9-16-10-8-13)17-15(5,6)11-14(2,3)4/h7-10H,1,11H2,2-6H3. The van der Waals surface area contributed by atoms with Gasteiger partial charge in [-0.05, 0) is 37.8 Å². The van der Waals surface area contributed by atoms with Crippen LogP contribution < -0.4 is 0 Å². The minimum absolute atomic E-state index is 0.210. The largest absolute Gasteiger partial charge is 0.488 e. The third-order valence-electron chi connectivity index (χ3n) is 2.36. The molecule has 0 aliphatic heterocycles. The Labute approximate surface area is 105 Å². The maximum Gasteiger partial charge on any atom is 0.120 e. The molecule has 0 saturated heterocycles. The van der Waals surface area contributed by atoms with Gasteiger partial charge in [-0.15, -0.1) is 0 Å². The summed E-state index contributed by atoms with van der Waals surface area (Å²) in [6.45, 7) is 14.8. The lowest BCUT2D eigenvalue weighted by Crippen LogP contribution is -2.29. The van der Waals surface area contributed by atoms with Crippen LogP contribution in [0.5, 0.6) is 0 Å². The summed E-state index contributed by atoms with van der Waals surface area (Å²) in [5.41, 5.74) is 1.02. The Balaban J connectivity index is 2.69. The van der Waals surface area contributed by atoms with Gasteiger partial charge in [-0.1, -0.05) is 27.4 Å². The van der Waals surface area contributed by atoms with E-state index in [9.17, 15) is 0 Å². The summed E-state index contributed by atoms with van der Waals surface area (Å²) >= 11 is 0. The van der Waals surface area contributed by atoms with Gasteiger partial charge in [0.1, 0.15) is 11.4 Å². The first-order valence-electron chi connectivity index (χ1n) is 5.98. The molecule has 17 heavy (non-hydrogen) atoms. The van der Waals surface area contributed by atoms with E-state index in [2.05, 4.69) is 46.2 Å². The average Bonchev–Trinajstić information content (AvgIpc) is 2.14. The molecule has 0 bridgehead atoms. The Morgan fingerprint density at radius 2 is 1.71 bits per heavy atom. The topological polar surface area (TPSA) is 22.1 Å². The van der Waals surface area contributed by atoms with Crippen LogP contribution in [0.2, 0.25) is 0 Å². The Bertz CT molecular complexity index is 374. The van der Waals surface area contributed by atoms with Crippen LogP contribution in [0, 0.1) is 5.41 Å². The molecule has 0 atom stereocenters. The Hall–Kier alpha value is -1.31. The van der Waals surface area contributed by atoms with Crippen molar-refractivity contribution >= 4 is 5.76 Å². The lowest BCUT2D eigenvalue weighted by Gasteiger charge is -2.33. The molecule has 94 valence electrons. The van der Waals surface area contributed by atoms with E-state index in [4.69, 9.17) is 4.74 Å². The highest BCUT2D eigenvalue weighted by molar-refractivity contribution is 5.56. The van der Waals surface area contributed by atoms with E-state index in [1.807, 2.05) is 12.1 Å². The fraction of sp³-hybridized carbons (Fsp3) is 0.533. The van der Waals surface area contributed by atoms with E-state index in [1.54, 1.807) is 12.4 Å². The van der Waals surface area contributed by atoms with Crippen molar-refractivity contribution in [2.24, 2.45) is 5.41 Å². The molecule has 0 spiro atoms. The summed E-state index contributed by atoms with van der Waals surface area (Å²) in [5.74, 6) is 0.710. The first-order valence-corrected chi connectivity index (χ1v) is 5.98. The van der Waals surface area contributed by atoms with E-state index in [-0.39, 0.29) is 11.0 Å². The molecule has 0 saturated carbocycles. The fourth-order valence-corrected chi connectivity index (χ4v) is 2.24. The van der Waals surface area contributed by atoms with Gasteiger partial charge < -0.3 is 4.74 Å². The summed E-state index contributed by atoms with van der Waals surface area (Å²) in [4.78, 5) is 3.99. The minimum Gasteiger partial charge on any atom is -0.488 e. The molecule has 2 heteroatoms. The zero-order chi connectivity index (χ0) is 13.1. The molecule has 1 aromatic rings. The van der Waals surface area contributed by atoms with E-state index < -0.39 is 0 Å². The van der Waals surface area contributed by atoms with Gasteiger partial charge in [0.2, 0.25) is 0 Å². The van der Waals surface area contributed by atoms with Crippen LogP contribution in [-0.4, -0.2) is 10.6 Å². The second kappa shape index (κ2) is 4.91. The van der Waals surface area contributed by atoms with Crippen LogP contribution in [0.3, 0.4) is 0 Å². The van der Waals surface area contributed by atoms with Crippen LogP contribution in [0.4, 0.5) is 0 Å². The maximum absolute atomic E-state index is 5.98. The normalized spacial score (nSPS) is 12.3. The number of hydrogen-bond acceptors (Lipinski definition) is 2. The molecular formula is C15H23NO. The Morgan fingerprint density at radius 1 is 1.18 bits per heavy atom. The zero-order valence-electron chi connectivity index (χ0n) is 11.6. The molecule has 0 radical (unpaired) electrons. The molecule has 0 fully saturated rings. The van der Waals surface area contributed by atoms with Gasteiger partial charge in [-0.3, -0.25) is 4.98 Å². The van der Waals surface area contributed by atoms with Crippen LogP contribution in [0.25, 0.3) is 5.76 Å².